The van der Waals surface area contributed by atoms with Crippen LogP contribution in [-0.2, 0) is 17.8 Å². The minimum atomic E-state index is 0.000702. The van der Waals surface area contributed by atoms with Crippen molar-refractivity contribution >= 4 is 10.9 Å². The van der Waals surface area contributed by atoms with Gasteiger partial charge in [-0.3, -0.25) is 9.69 Å². The molecule has 0 bridgehead atoms. The predicted molar refractivity (Wildman–Crippen MR) is 141 cm³/mol. The van der Waals surface area contributed by atoms with E-state index in [1.54, 1.807) is 0 Å². The van der Waals surface area contributed by atoms with Crippen LogP contribution in [0.5, 0.6) is 0 Å². The molecule has 1 aliphatic heterocycles. The second kappa shape index (κ2) is 11.2. The second-order valence-electron chi connectivity index (χ2n) is 10.8. The summed E-state index contributed by atoms with van der Waals surface area (Å²) in [6.07, 6.45) is 10.3. The summed E-state index contributed by atoms with van der Waals surface area (Å²) in [5, 5.41) is 14.1. The molecule has 1 N–H and O–H groups in total. The summed E-state index contributed by atoms with van der Waals surface area (Å²) >= 11 is 0. The molecule has 0 amide bonds. The van der Waals surface area contributed by atoms with Gasteiger partial charge in [-0.05, 0) is 91.1 Å². The topological polar surface area (TPSA) is 88.9 Å². The van der Waals surface area contributed by atoms with Gasteiger partial charge in [0.1, 0.15) is 0 Å². The molecule has 36 heavy (non-hydrogen) atoms. The largest absolute Gasteiger partial charge is 0.376 e. The first kappa shape index (κ1) is 25.1. The molecule has 2 aliphatic rings. The molecule has 0 spiro atoms. The first-order valence-corrected chi connectivity index (χ1v) is 13.8. The van der Waals surface area contributed by atoms with Crippen LogP contribution in [0.25, 0.3) is 10.9 Å². The highest BCUT2D eigenvalue weighted by molar-refractivity contribution is 5.80. The number of hydrogen-bond acceptors (Lipinski definition) is 6. The van der Waals surface area contributed by atoms with Crippen LogP contribution in [0.15, 0.2) is 23.0 Å². The van der Waals surface area contributed by atoms with Crippen molar-refractivity contribution in [1.82, 2.24) is 30.1 Å². The molecule has 3 aromatic rings. The Bertz CT molecular complexity index is 1220. The van der Waals surface area contributed by atoms with Gasteiger partial charge in [0, 0.05) is 30.3 Å². The SMILES string of the molecule is CCC[C@H](c1nnnn1C[C@@H]1CCCO1)N(Cc1cc2cc(C)c(C)cc2[nH]c1=O)C1CCCCC1. The van der Waals surface area contributed by atoms with Crippen molar-refractivity contribution < 1.29 is 4.74 Å². The number of H-pyrrole nitrogens is 1. The average Bonchev–Trinajstić information content (AvgIpc) is 3.56. The third kappa shape index (κ3) is 5.39. The molecular formula is C28H40N6O2. The molecule has 0 radical (unpaired) electrons. The number of benzene rings is 1. The highest BCUT2D eigenvalue weighted by Gasteiger charge is 2.33. The first-order valence-electron chi connectivity index (χ1n) is 13.8. The van der Waals surface area contributed by atoms with Crippen LogP contribution >= 0.6 is 0 Å². The van der Waals surface area contributed by atoms with Crippen LogP contribution in [0.2, 0.25) is 0 Å². The van der Waals surface area contributed by atoms with Crippen molar-refractivity contribution in [3.05, 3.63) is 51.1 Å². The van der Waals surface area contributed by atoms with Crippen molar-refractivity contribution in [3.8, 4) is 0 Å². The van der Waals surface area contributed by atoms with Crippen LogP contribution in [0.1, 0.15) is 93.3 Å². The number of aromatic nitrogens is 5. The zero-order valence-corrected chi connectivity index (χ0v) is 22.0. The molecule has 0 unspecified atom stereocenters. The Balaban J connectivity index is 1.51. The second-order valence-corrected chi connectivity index (χ2v) is 10.8. The van der Waals surface area contributed by atoms with E-state index in [9.17, 15) is 4.79 Å². The van der Waals surface area contributed by atoms with E-state index in [2.05, 4.69) is 64.4 Å². The highest BCUT2D eigenvalue weighted by Crippen LogP contribution is 2.34. The van der Waals surface area contributed by atoms with Crippen molar-refractivity contribution in [1.29, 1.82) is 0 Å². The Hall–Kier alpha value is -2.58. The monoisotopic (exact) mass is 492 g/mol. The quantitative estimate of drug-likeness (QED) is 0.453. The van der Waals surface area contributed by atoms with Crippen LogP contribution < -0.4 is 5.56 Å². The maximum Gasteiger partial charge on any atom is 0.252 e. The number of aryl methyl sites for hydroxylation is 2. The van der Waals surface area contributed by atoms with E-state index in [0.29, 0.717) is 19.1 Å². The van der Waals surface area contributed by atoms with Gasteiger partial charge in [0.15, 0.2) is 5.82 Å². The number of aromatic amines is 1. The van der Waals surface area contributed by atoms with Gasteiger partial charge in [-0.2, -0.15) is 0 Å². The summed E-state index contributed by atoms with van der Waals surface area (Å²) in [6.45, 7) is 8.53. The minimum Gasteiger partial charge on any atom is -0.376 e. The molecule has 1 saturated heterocycles. The lowest BCUT2D eigenvalue weighted by molar-refractivity contribution is 0.0713. The van der Waals surface area contributed by atoms with Crippen LogP contribution in [0.4, 0.5) is 0 Å². The Morgan fingerprint density at radius 2 is 1.92 bits per heavy atom. The van der Waals surface area contributed by atoms with E-state index in [1.165, 1.54) is 30.4 Å². The van der Waals surface area contributed by atoms with Crippen molar-refractivity contribution in [2.24, 2.45) is 0 Å². The lowest BCUT2D eigenvalue weighted by atomic mass is 9.91. The fraction of sp³-hybridized carbons (Fsp3) is 0.643. The fourth-order valence-electron chi connectivity index (χ4n) is 6.02. The van der Waals surface area contributed by atoms with Gasteiger partial charge >= 0.3 is 0 Å². The first-order chi connectivity index (χ1) is 17.5. The summed E-state index contributed by atoms with van der Waals surface area (Å²) in [4.78, 5) is 19.0. The van der Waals surface area contributed by atoms with Crippen molar-refractivity contribution in [2.45, 2.75) is 110 Å². The normalized spacial score (nSPS) is 19.9. The van der Waals surface area contributed by atoms with Gasteiger partial charge in [-0.25, -0.2) is 4.68 Å². The van der Waals surface area contributed by atoms with Crippen LogP contribution in [-0.4, -0.2) is 48.8 Å². The summed E-state index contributed by atoms with van der Waals surface area (Å²) in [5.41, 5.74) is 4.15. The zero-order chi connectivity index (χ0) is 25.1. The molecule has 1 aliphatic carbocycles. The summed E-state index contributed by atoms with van der Waals surface area (Å²) < 4.78 is 7.85. The minimum absolute atomic E-state index is 0.000702. The number of tetrazole rings is 1. The molecule has 2 atom stereocenters. The Morgan fingerprint density at radius 1 is 1.11 bits per heavy atom. The van der Waals surface area contributed by atoms with E-state index in [4.69, 9.17) is 4.74 Å². The lowest BCUT2D eigenvalue weighted by Crippen LogP contribution is -2.41. The molecule has 2 fully saturated rings. The number of hydrogen-bond donors (Lipinski definition) is 1. The van der Waals surface area contributed by atoms with E-state index in [-0.39, 0.29) is 17.7 Å². The van der Waals surface area contributed by atoms with Crippen LogP contribution in [0, 0.1) is 13.8 Å². The maximum atomic E-state index is 13.3. The van der Waals surface area contributed by atoms with E-state index in [0.717, 1.165) is 67.4 Å². The van der Waals surface area contributed by atoms with E-state index in [1.807, 2.05) is 4.68 Å². The third-order valence-corrected chi connectivity index (χ3v) is 8.15. The number of ether oxygens (including phenoxy) is 1. The van der Waals surface area contributed by atoms with Gasteiger partial charge in [-0.1, -0.05) is 32.6 Å². The van der Waals surface area contributed by atoms with Crippen LogP contribution in [0.3, 0.4) is 0 Å². The summed E-state index contributed by atoms with van der Waals surface area (Å²) in [5.74, 6) is 0.904. The molecule has 2 aromatic heterocycles. The standard InChI is InChI=1S/C28H40N6O2/c1-4-9-26(27-30-31-32-34(27)18-24-12-8-13-36-24)33(23-10-6-5-7-11-23)17-22-16-21-14-19(2)20(3)15-25(21)29-28(22)35/h14-16,23-24,26H,4-13,17-18H2,1-3H3,(H,29,35)/t24-,26+/m0/s1. The van der Waals surface area contributed by atoms with E-state index >= 15 is 0 Å². The molecule has 8 nitrogen and oxygen atoms in total. The van der Waals surface area contributed by atoms with Gasteiger partial charge < -0.3 is 9.72 Å². The zero-order valence-electron chi connectivity index (χ0n) is 22.0. The van der Waals surface area contributed by atoms with Gasteiger partial charge in [0.25, 0.3) is 5.56 Å². The highest BCUT2D eigenvalue weighted by atomic mass is 16.5. The summed E-state index contributed by atoms with van der Waals surface area (Å²) in [7, 11) is 0. The average molecular weight is 493 g/mol. The molecule has 1 saturated carbocycles. The molecule has 3 heterocycles. The molecular weight excluding hydrogens is 452 g/mol. The van der Waals surface area contributed by atoms with Gasteiger partial charge in [-0.15, -0.1) is 5.10 Å². The number of pyridine rings is 1. The predicted octanol–water partition coefficient (Wildman–Crippen LogP) is 4.99. The molecule has 5 rings (SSSR count). The third-order valence-electron chi connectivity index (χ3n) is 8.15. The number of rotatable bonds is 9. The molecule has 1 aromatic carbocycles. The lowest BCUT2D eigenvalue weighted by Gasteiger charge is -2.39. The fourth-order valence-corrected chi connectivity index (χ4v) is 6.02. The smallest absolute Gasteiger partial charge is 0.252 e. The van der Waals surface area contributed by atoms with Gasteiger partial charge in [0.2, 0.25) is 0 Å². The van der Waals surface area contributed by atoms with Gasteiger partial charge in [0.05, 0.1) is 18.7 Å². The number of nitrogens with one attached hydrogen (secondary N) is 1. The van der Waals surface area contributed by atoms with Crippen molar-refractivity contribution in [2.75, 3.05) is 6.61 Å². The van der Waals surface area contributed by atoms with Crippen molar-refractivity contribution in [3.63, 3.8) is 0 Å². The number of fused-ring (bicyclic) bond motifs is 1. The van der Waals surface area contributed by atoms with E-state index < -0.39 is 0 Å². The Morgan fingerprint density at radius 3 is 2.67 bits per heavy atom. The molecule has 194 valence electrons. The maximum absolute atomic E-state index is 13.3. The Kier molecular flexibility index (Phi) is 7.82. The Labute approximate surface area is 213 Å². The number of nitrogens with zero attached hydrogens (tertiary/aromatic N) is 5. The molecule has 8 heteroatoms. The summed E-state index contributed by atoms with van der Waals surface area (Å²) in [6, 6.07) is 6.83.